The second kappa shape index (κ2) is 4.17. The summed E-state index contributed by atoms with van der Waals surface area (Å²) >= 11 is 0. The van der Waals surface area contributed by atoms with E-state index in [-0.39, 0.29) is 5.56 Å². The molecule has 18 heavy (non-hydrogen) atoms. The first-order valence-corrected chi connectivity index (χ1v) is 4.87. The molecule has 7 heteroatoms. The van der Waals surface area contributed by atoms with E-state index in [9.17, 15) is 22.8 Å². The normalized spacial score (nSPS) is 11.5. The summed E-state index contributed by atoms with van der Waals surface area (Å²) in [6.07, 6.45) is -1.97. The molecular weight excluding hydrogens is 249 g/mol. The molecule has 0 aliphatic rings. The predicted molar refractivity (Wildman–Crippen MR) is 56.2 cm³/mol. The lowest BCUT2D eigenvalue weighted by Gasteiger charge is -2.07. The minimum absolute atomic E-state index is 0.00435. The molecule has 2 rings (SSSR count). The maximum absolute atomic E-state index is 12.3. The highest BCUT2D eigenvalue weighted by atomic mass is 19.4. The Balaban J connectivity index is 2.34. The number of imidazole rings is 1. The van der Waals surface area contributed by atoms with Gasteiger partial charge in [0.2, 0.25) is 0 Å². The molecule has 0 radical (unpaired) electrons. The molecule has 1 N–H and O–H groups in total. The Kier molecular flexibility index (Phi) is 2.82. The summed E-state index contributed by atoms with van der Waals surface area (Å²) in [7, 11) is 0. The third kappa shape index (κ3) is 2.20. The van der Waals surface area contributed by atoms with Crippen molar-refractivity contribution in [2.75, 3.05) is 0 Å². The molecule has 0 fully saturated rings. The zero-order valence-electron chi connectivity index (χ0n) is 8.86. The number of carbonyl (C=O) groups excluding carboxylic acids is 1. The van der Waals surface area contributed by atoms with Crippen molar-refractivity contribution in [3.63, 3.8) is 0 Å². The first kappa shape index (κ1) is 12.2. The first-order chi connectivity index (χ1) is 8.39. The van der Waals surface area contributed by atoms with Gasteiger partial charge < -0.3 is 4.98 Å². The summed E-state index contributed by atoms with van der Waals surface area (Å²) in [6.45, 7) is 0. The highest BCUT2D eigenvalue weighted by Crippen LogP contribution is 2.29. The van der Waals surface area contributed by atoms with Crippen LogP contribution in [0.15, 0.2) is 41.5 Å². The van der Waals surface area contributed by atoms with Crippen LogP contribution in [0, 0.1) is 0 Å². The predicted octanol–water partition coefficient (Wildman–Crippen LogP) is 1.88. The van der Waals surface area contributed by atoms with Gasteiger partial charge in [-0.3, -0.25) is 4.79 Å². The van der Waals surface area contributed by atoms with Gasteiger partial charge in [0.15, 0.2) is 0 Å². The summed E-state index contributed by atoms with van der Waals surface area (Å²) in [5.41, 5.74) is -1.48. The first-order valence-electron chi connectivity index (χ1n) is 4.87. The molecule has 94 valence electrons. The van der Waals surface area contributed by atoms with Crippen LogP contribution in [0.5, 0.6) is 0 Å². The fourth-order valence-electron chi connectivity index (χ4n) is 1.42. The van der Waals surface area contributed by atoms with Gasteiger partial charge in [0.1, 0.15) is 0 Å². The molecular formula is C11H7F3N2O2. The van der Waals surface area contributed by atoms with Gasteiger partial charge in [-0.1, -0.05) is 0 Å². The molecule has 0 unspecified atom stereocenters. The number of halogens is 3. The average Bonchev–Trinajstić information content (AvgIpc) is 2.73. The van der Waals surface area contributed by atoms with E-state index in [1.54, 1.807) is 0 Å². The molecule has 1 heterocycles. The molecule has 0 saturated carbocycles. The zero-order chi connectivity index (χ0) is 13.3. The maximum atomic E-state index is 12.3. The quantitative estimate of drug-likeness (QED) is 0.847. The average molecular weight is 256 g/mol. The largest absolute Gasteiger partial charge is 0.416 e. The van der Waals surface area contributed by atoms with Crippen LogP contribution in [-0.2, 0) is 6.18 Å². The summed E-state index contributed by atoms with van der Waals surface area (Å²) in [5.74, 6) is -0.685. The molecule has 0 saturated heterocycles. The van der Waals surface area contributed by atoms with Crippen molar-refractivity contribution >= 4 is 5.91 Å². The van der Waals surface area contributed by atoms with E-state index < -0.39 is 23.3 Å². The molecule has 1 aromatic carbocycles. The minimum atomic E-state index is -4.45. The smallest absolute Gasteiger partial charge is 0.312 e. The number of aromatic amines is 1. The van der Waals surface area contributed by atoms with Crippen molar-refractivity contribution < 1.29 is 18.0 Å². The lowest BCUT2D eigenvalue weighted by atomic mass is 10.1. The standard InChI is InChI=1S/C11H7F3N2O2/c12-11(13,14)8-3-1-7(2-4-8)9(17)16-6-5-15-10(16)18/h1-6H,(H,15,18). The SMILES string of the molecule is O=C(c1ccc(C(F)(F)F)cc1)n1cc[nH]c1=O. The highest BCUT2D eigenvalue weighted by Gasteiger charge is 2.30. The van der Waals surface area contributed by atoms with E-state index in [1.165, 1.54) is 12.4 Å². The van der Waals surface area contributed by atoms with Crippen LogP contribution in [-0.4, -0.2) is 15.5 Å². The molecule has 1 aromatic heterocycles. The van der Waals surface area contributed by atoms with E-state index in [0.717, 1.165) is 28.8 Å². The monoisotopic (exact) mass is 256 g/mol. The number of H-pyrrole nitrogens is 1. The molecule has 0 aliphatic heterocycles. The van der Waals surface area contributed by atoms with Crippen LogP contribution in [0.25, 0.3) is 0 Å². The molecule has 0 atom stereocenters. The van der Waals surface area contributed by atoms with E-state index in [1.807, 2.05) is 0 Å². The van der Waals surface area contributed by atoms with Gasteiger partial charge in [0, 0.05) is 18.0 Å². The summed E-state index contributed by atoms with van der Waals surface area (Å²) in [6, 6.07) is 3.66. The third-order valence-corrected chi connectivity index (χ3v) is 2.33. The van der Waals surface area contributed by atoms with E-state index in [2.05, 4.69) is 4.98 Å². The second-order valence-corrected chi connectivity index (χ2v) is 3.52. The lowest BCUT2D eigenvalue weighted by Crippen LogP contribution is -2.24. The number of hydrogen-bond donors (Lipinski definition) is 1. The fourth-order valence-corrected chi connectivity index (χ4v) is 1.42. The van der Waals surface area contributed by atoms with Gasteiger partial charge in [0.25, 0.3) is 5.91 Å². The van der Waals surface area contributed by atoms with Crippen molar-refractivity contribution in [2.45, 2.75) is 6.18 Å². The fraction of sp³-hybridized carbons (Fsp3) is 0.0909. The van der Waals surface area contributed by atoms with Gasteiger partial charge >= 0.3 is 11.9 Å². The minimum Gasteiger partial charge on any atom is -0.312 e. The Morgan fingerprint density at radius 2 is 1.78 bits per heavy atom. The number of aromatic nitrogens is 2. The van der Waals surface area contributed by atoms with E-state index >= 15 is 0 Å². The van der Waals surface area contributed by atoms with Gasteiger partial charge in [-0.2, -0.15) is 13.2 Å². The Hall–Kier alpha value is -2.31. The Labute approximate surface area is 98.7 Å². The van der Waals surface area contributed by atoms with E-state index in [4.69, 9.17) is 0 Å². The van der Waals surface area contributed by atoms with Gasteiger partial charge in [-0.15, -0.1) is 0 Å². The second-order valence-electron chi connectivity index (χ2n) is 3.52. The number of nitrogens with one attached hydrogen (secondary N) is 1. The Morgan fingerprint density at radius 3 is 2.22 bits per heavy atom. The van der Waals surface area contributed by atoms with Crippen LogP contribution in [0.3, 0.4) is 0 Å². The topological polar surface area (TPSA) is 54.9 Å². The van der Waals surface area contributed by atoms with Crippen molar-refractivity contribution in [1.29, 1.82) is 0 Å². The van der Waals surface area contributed by atoms with Crippen molar-refractivity contribution in [3.05, 3.63) is 58.3 Å². The molecule has 4 nitrogen and oxygen atoms in total. The van der Waals surface area contributed by atoms with Crippen LogP contribution in [0.2, 0.25) is 0 Å². The Morgan fingerprint density at radius 1 is 1.17 bits per heavy atom. The van der Waals surface area contributed by atoms with Gasteiger partial charge in [-0.05, 0) is 24.3 Å². The van der Waals surface area contributed by atoms with Crippen molar-refractivity contribution in [1.82, 2.24) is 9.55 Å². The lowest BCUT2D eigenvalue weighted by molar-refractivity contribution is -0.137. The van der Waals surface area contributed by atoms with Crippen LogP contribution in [0.4, 0.5) is 13.2 Å². The van der Waals surface area contributed by atoms with Gasteiger partial charge in [-0.25, -0.2) is 9.36 Å². The maximum Gasteiger partial charge on any atom is 0.416 e. The van der Waals surface area contributed by atoms with Crippen LogP contribution < -0.4 is 5.69 Å². The zero-order valence-corrected chi connectivity index (χ0v) is 8.86. The number of alkyl halides is 3. The molecule has 2 aromatic rings. The molecule has 0 bridgehead atoms. The molecule has 0 aliphatic carbocycles. The van der Waals surface area contributed by atoms with Crippen molar-refractivity contribution in [3.8, 4) is 0 Å². The van der Waals surface area contributed by atoms with Gasteiger partial charge in [0.05, 0.1) is 5.56 Å². The number of carbonyl (C=O) groups is 1. The van der Waals surface area contributed by atoms with Crippen molar-refractivity contribution in [2.24, 2.45) is 0 Å². The molecule has 0 amide bonds. The summed E-state index contributed by atoms with van der Waals surface area (Å²) in [4.78, 5) is 25.2. The number of nitrogens with zero attached hydrogens (tertiary/aromatic N) is 1. The van der Waals surface area contributed by atoms with Crippen LogP contribution >= 0.6 is 0 Å². The third-order valence-electron chi connectivity index (χ3n) is 2.33. The number of rotatable bonds is 1. The summed E-state index contributed by atoms with van der Waals surface area (Å²) < 4.78 is 37.7. The number of hydrogen-bond acceptors (Lipinski definition) is 2. The Bertz CT molecular complexity index is 623. The number of benzene rings is 1. The highest BCUT2D eigenvalue weighted by molar-refractivity contribution is 5.95. The van der Waals surface area contributed by atoms with E-state index in [0.29, 0.717) is 0 Å². The van der Waals surface area contributed by atoms with Crippen LogP contribution in [0.1, 0.15) is 15.9 Å². The molecule has 0 spiro atoms. The summed E-state index contributed by atoms with van der Waals surface area (Å²) in [5, 5.41) is 0.